The SMILES string of the molecule is Cc1ccc(N([C@@H](C)C(=O)Nc2ccccc2C(F)(F)F)S(C)(=O)=O)cc1Cl. The Morgan fingerprint density at radius 3 is 2.32 bits per heavy atom. The van der Waals surface area contributed by atoms with Gasteiger partial charge in [-0.1, -0.05) is 29.8 Å². The summed E-state index contributed by atoms with van der Waals surface area (Å²) >= 11 is 6.05. The molecular formula is C18H18ClF3N2O3S. The number of nitrogens with zero attached hydrogens (tertiary/aromatic N) is 1. The molecular weight excluding hydrogens is 417 g/mol. The molecule has 0 aliphatic carbocycles. The fourth-order valence-electron chi connectivity index (χ4n) is 2.60. The Kier molecular flexibility index (Phi) is 6.30. The monoisotopic (exact) mass is 434 g/mol. The van der Waals surface area contributed by atoms with Gasteiger partial charge >= 0.3 is 6.18 Å². The number of benzene rings is 2. The van der Waals surface area contributed by atoms with Crippen LogP contribution in [0.2, 0.25) is 5.02 Å². The van der Waals surface area contributed by atoms with Crippen LogP contribution in [0.4, 0.5) is 24.5 Å². The van der Waals surface area contributed by atoms with Gasteiger partial charge in [0.15, 0.2) is 0 Å². The molecule has 152 valence electrons. The Bertz CT molecular complexity index is 994. The fraction of sp³-hybridized carbons (Fsp3) is 0.278. The number of halogens is 4. The average Bonchev–Trinajstić information content (AvgIpc) is 2.56. The van der Waals surface area contributed by atoms with E-state index < -0.39 is 39.4 Å². The van der Waals surface area contributed by atoms with Crippen LogP contribution in [0.5, 0.6) is 0 Å². The van der Waals surface area contributed by atoms with Gasteiger partial charge < -0.3 is 5.32 Å². The molecule has 0 saturated heterocycles. The first-order valence-electron chi connectivity index (χ1n) is 8.05. The third kappa shape index (κ3) is 4.96. The minimum Gasteiger partial charge on any atom is -0.324 e. The zero-order chi connectivity index (χ0) is 21.3. The maximum Gasteiger partial charge on any atom is 0.418 e. The molecule has 0 bridgehead atoms. The molecule has 0 fully saturated rings. The highest BCUT2D eigenvalue weighted by Crippen LogP contribution is 2.35. The van der Waals surface area contributed by atoms with Crippen molar-refractivity contribution in [1.29, 1.82) is 0 Å². The summed E-state index contributed by atoms with van der Waals surface area (Å²) in [6.45, 7) is 3.00. The number of amides is 1. The highest BCUT2D eigenvalue weighted by atomic mass is 35.5. The van der Waals surface area contributed by atoms with E-state index in [4.69, 9.17) is 11.6 Å². The Balaban J connectivity index is 2.40. The highest BCUT2D eigenvalue weighted by Gasteiger charge is 2.35. The van der Waals surface area contributed by atoms with Gasteiger partial charge in [-0.15, -0.1) is 0 Å². The fourth-order valence-corrected chi connectivity index (χ4v) is 3.95. The minimum atomic E-state index is -4.67. The lowest BCUT2D eigenvalue weighted by Gasteiger charge is -2.29. The van der Waals surface area contributed by atoms with Crippen molar-refractivity contribution >= 4 is 38.9 Å². The molecule has 1 amide bonds. The summed E-state index contributed by atoms with van der Waals surface area (Å²) < 4.78 is 64.7. The van der Waals surface area contributed by atoms with E-state index in [9.17, 15) is 26.4 Å². The molecule has 1 atom stereocenters. The summed E-state index contributed by atoms with van der Waals surface area (Å²) in [6.07, 6.45) is -3.78. The lowest BCUT2D eigenvalue weighted by atomic mass is 10.1. The molecule has 0 aromatic heterocycles. The second-order valence-electron chi connectivity index (χ2n) is 6.20. The Morgan fingerprint density at radius 2 is 1.79 bits per heavy atom. The minimum absolute atomic E-state index is 0.129. The van der Waals surface area contributed by atoms with Gasteiger partial charge in [-0.2, -0.15) is 13.2 Å². The molecule has 1 N–H and O–H groups in total. The van der Waals surface area contributed by atoms with Crippen molar-refractivity contribution in [1.82, 2.24) is 0 Å². The second-order valence-corrected chi connectivity index (χ2v) is 8.47. The van der Waals surface area contributed by atoms with E-state index >= 15 is 0 Å². The summed E-state index contributed by atoms with van der Waals surface area (Å²) in [5.41, 5.74) is -0.651. The van der Waals surface area contributed by atoms with Crippen LogP contribution in [0, 0.1) is 6.92 Å². The van der Waals surface area contributed by atoms with Crippen molar-refractivity contribution in [3.63, 3.8) is 0 Å². The molecule has 2 rings (SSSR count). The van der Waals surface area contributed by atoms with Gasteiger partial charge in [0.2, 0.25) is 15.9 Å². The summed E-state index contributed by atoms with van der Waals surface area (Å²) in [6, 6.07) is 7.56. The molecule has 0 radical (unpaired) electrons. The maximum absolute atomic E-state index is 13.1. The molecule has 2 aromatic carbocycles. The zero-order valence-corrected chi connectivity index (χ0v) is 16.8. The molecule has 0 aliphatic rings. The van der Waals surface area contributed by atoms with Crippen molar-refractivity contribution in [2.75, 3.05) is 15.9 Å². The normalized spacial score (nSPS) is 13.1. The van der Waals surface area contributed by atoms with Gasteiger partial charge in [-0.3, -0.25) is 9.10 Å². The highest BCUT2D eigenvalue weighted by molar-refractivity contribution is 7.92. The van der Waals surface area contributed by atoms with Gasteiger partial charge in [-0.05, 0) is 43.7 Å². The quantitative estimate of drug-likeness (QED) is 0.755. The molecule has 0 aliphatic heterocycles. The summed E-state index contributed by atoms with van der Waals surface area (Å²) in [7, 11) is -3.93. The molecule has 28 heavy (non-hydrogen) atoms. The largest absolute Gasteiger partial charge is 0.418 e. The van der Waals surface area contributed by atoms with E-state index in [-0.39, 0.29) is 5.69 Å². The van der Waals surface area contributed by atoms with Crippen LogP contribution in [0.15, 0.2) is 42.5 Å². The van der Waals surface area contributed by atoms with Gasteiger partial charge in [0.1, 0.15) is 6.04 Å². The van der Waals surface area contributed by atoms with Crippen LogP contribution in [0.25, 0.3) is 0 Å². The molecule has 0 saturated carbocycles. The first-order chi connectivity index (χ1) is 12.8. The Hall–Kier alpha value is -2.26. The van der Waals surface area contributed by atoms with Crippen LogP contribution in [-0.2, 0) is 21.0 Å². The van der Waals surface area contributed by atoms with Crippen molar-refractivity contribution in [2.24, 2.45) is 0 Å². The Labute approximate surface area is 166 Å². The molecule has 5 nitrogen and oxygen atoms in total. The van der Waals surface area contributed by atoms with E-state index in [0.29, 0.717) is 10.6 Å². The van der Waals surface area contributed by atoms with Gasteiger partial charge in [0.25, 0.3) is 0 Å². The first-order valence-corrected chi connectivity index (χ1v) is 10.3. The number of hydrogen-bond donors (Lipinski definition) is 1. The zero-order valence-electron chi connectivity index (χ0n) is 15.2. The number of alkyl halides is 3. The lowest BCUT2D eigenvalue weighted by Crippen LogP contribution is -2.45. The molecule has 0 spiro atoms. The molecule has 2 aromatic rings. The van der Waals surface area contributed by atoms with Crippen molar-refractivity contribution < 1.29 is 26.4 Å². The molecule has 10 heteroatoms. The van der Waals surface area contributed by atoms with Gasteiger partial charge in [-0.25, -0.2) is 8.42 Å². The maximum atomic E-state index is 13.1. The average molecular weight is 435 g/mol. The van der Waals surface area contributed by atoms with Gasteiger partial charge in [0.05, 0.1) is 23.2 Å². The topological polar surface area (TPSA) is 66.5 Å². The van der Waals surface area contributed by atoms with Crippen LogP contribution < -0.4 is 9.62 Å². The standard InChI is InChI=1S/C18H18ClF3N2O3S/c1-11-8-9-13(10-15(11)19)24(28(3,26)27)12(2)17(25)23-16-7-5-4-6-14(16)18(20,21)22/h4-10,12H,1-3H3,(H,23,25)/t12-/m0/s1. The van der Waals surface area contributed by atoms with E-state index in [1.807, 2.05) is 0 Å². The number of sulfonamides is 1. The summed E-state index contributed by atoms with van der Waals surface area (Å²) in [5, 5.41) is 2.46. The predicted octanol–water partition coefficient (Wildman–Crippen LogP) is 4.46. The number of anilines is 2. The summed E-state index contributed by atoms with van der Waals surface area (Å²) in [4.78, 5) is 12.6. The van der Waals surface area contributed by atoms with Crippen molar-refractivity contribution in [3.8, 4) is 0 Å². The number of carbonyl (C=O) groups is 1. The summed E-state index contributed by atoms with van der Waals surface area (Å²) in [5.74, 6) is -0.918. The third-order valence-corrected chi connectivity index (χ3v) is 5.64. The number of para-hydroxylation sites is 1. The van der Waals surface area contributed by atoms with E-state index in [0.717, 1.165) is 22.7 Å². The Morgan fingerprint density at radius 1 is 1.18 bits per heavy atom. The second kappa shape index (κ2) is 8.00. The van der Waals surface area contributed by atoms with Crippen LogP contribution in [0.1, 0.15) is 18.1 Å². The van der Waals surface area contributed by atoms with Crippen molar-refractivity contribution in [2.45, 2.75) is 26.1 Å². The van der Waals surface area contributed by atoms with Crippen LogP contribution >= 0.6 is 11.6 Å². The number of hydrogen-bond acceptors (Lipinski definition) is 3. The number of carbonyl (C=O) groups excluding carboxylic acids is 1. The first kappa shape index (κ1) is 22.0. The van der Waals surface area contributed by atoms with Crippen LogP contribution in [0.3, 0.4) is 0 Å². The number of aryl methyl sites for hydroxylation is 1. The molecule has 0 unspecified atom stereocenters. The van der Waals surface area contributed by atoms with E-state index in [2.05, 4.69) is 5.32 Å². The van der Waals surface area contributed by atoms with Crippen LogP contribution in [-0.4, -0.2) is 26.6 Å². The smallest absolute Gasteiger partial charge is 0.324 e. The number of rotatable bonds is 5. The lowest BCUT2D eigenvalue weighted by molar-refractivity contribution is -0.137. The molecule has 0 heterocycles. The van der Waals surface area contributed by atoms with Gasteiger partial charge in [0, 0.05) is 5.02 Å². The van der Waals surface area contributed by atoms with E-state index in [1.54, 1.807) is 13.0 Å². The predicted molar refractivity (Wildman–Crippen MR) is 103 cm³/mol. The van der Waals surface area contributed by atoms with Crippen molar-refractivity contribution in [3.05, 3.63) is 58.6 Å². The number of nitrogens with one attached hydrogen (secondary N) is 1. The van der Waals surface area contributed by atoms with E-state index in [1.165, 1.54) is 31.2 Å². The third-order valence-electron chi connectivity index (χ3n) is 3.99.